The summed E-state index contributed by atoms with van der Waals surface area (Å²) in [7, 11) is -21.2. The normalized spacial score (nSPS) is 28.1. The molecular formula is C33H49F2N5O23P4. The van der Waals surface area contributed by atoms with Crippen LogP contribution >= 0.6 is 31.2 Å². The van der Waals surface area contributed by atoms with Gasteiger partial charge in [0.25, 0.3) is 11.1 Å². The molecule has 34 heteroatoms. The number of H-pyrrole nitrogens is 2. The Hall–Kier alpha value is -3.89. The zero-order valence-electron chi connectivity index (χ0n) is 34.8. The first-order valence-electron chi connectivity index (χ1n) is 18.7. The number of aliphatic hydroxyl groups is 2. The molecule has 0 saturated carbocycles. The third kappa shape index (κ3) is 15.6. The van der Waals surface area contributed by atoms with Gasteiger partial charge in [0.1, 0.15) is 36.2 Å². The van der Waals surface area contributed by atoms with Crippen LogP contribution in [0.25, 0.3) is 0 Å². The molecule has 67 heavy (non-hydrogen) atoms. The van der Waals surface area contributed by atoms with Gasteiger partial charge in [-0.15, -0.1) is 0 Å². The van der Waals surface area contributed by atoms with Gasteiger partial charge in [-0.1, -0.05) is 25.6 Å². The molecule has 0 radical (unpaired) electrons. The summed E-state index contributed by atoms with van der Waals surface area (Å²) in [6, 6.07) is 8.73. The number of phosphoric ester groups is 1. The third-order valence-corrected chi connectivity index (χ3v) is 14.3. The lowest BCUT2D eigenvalue weighted by molar-refractivity contribution is -0.149. The Morgan fingerprint density at radius 1 is 0.761 bits per heavy atom. The Morgan fingerprint density at radius 3 is 1.63 bits per heavy atom. The van der Waals surface area contributed by atoms with E-state index >= 15 is 4.39 Å². The van der Waals surface area contributed by atoms with Crippen LogP contribution in [0.4, 0.5) is 8.78 Å². The number of aromatic nitrogens is 4. The number of nitrogens with zero attached hydrogens (tertiary/aromatic N) is 2. The molecule has 2 fully saturated rings. The van der Waals surface area contributed by atoms with Crippen molar-refractivity contribution in [3.63, 3.8) is 0 Å². The van der Waals surface area contributed by atoms with Crippen LogP contribution in [0.3, 0.4) is 0 Å². The number of benzene rings is 1. The number of hydrogen-bond acceptors (Lipinski definition) is 19. The Labute approximate surface area is 376 Å². The number of para-hydroxylation sites is 1. The fourth-order valence-corrected chi connectivity index (χ4v) is 10.4. The van der Waals surface area contributed by atoms with Crippen LogP contribution in [-0.2, 0) is 54.9 Å². The van der Waals surface area contributed by atoms with Crippen LogP contribution < -0.4 is 32.1 Å². The maximum absolute atomic E-state index is 15.4. The number of carbonyl (C=O) groups is 1. The third-order valence-electron chi connectivity index (χ3n) is 8.89. The van der Waals surface area contributed by atoms with Gasteiger partial charge in [0.15, 0.2) is 23.8 Å². The molecule has 4 unspecified atom stereocenters. The summed E-state index contributed by atoms with van der Waals surface area (Å²) < 4.78 is 117. The van der Waals surface area contributed by atoms with Gasteiger partial charge in [-0.2, -0.15) is 13.7 Å². The van der Waals surface area contributed by atoms with Gasteiger partial charge in [0.05, 0.1) is 19.3 Å². The summed E-state index contributed by atoms with van der Waals surface area (Å²) in [6.45, 7) is 4.76. The highest BCUT2D eigenvalue weighted by Gasteiger charge is 2.57. The molecule has 2 aliphatic heterocycles. The van der Waals surface area contributed by atoms with Gasteiger partial charge in [0.2, 0.25) is 0 Å². The van der Waals surface area contributed by atoms with Crippen LogP contribution in [-0.4, -0.2) is 116 Å². The van der Waals surface area contributed by atoms with Crippen molar-refractivity contribution in [3.8, 4) is 5.75 Å². The lowest BCUT2D eigenvalue weighted by atomic mass is 9.98. The zero-order chi connectivity index (χ0) is 49.8. The molecule has 2 saturated heterocycles. The molecule has 28 nitrogen and oxygen atoms in total. The fourth-order valence-electron chi connectivity index (χ4n) is 5.90. The number of alkyl halides is 2. The van der Waals surface area contributed by atoms with Crippen molar-refractivity contribution in [2.75, 3.05) is 13.2 Å². The second-order valence-corrected chi connectivity index (χ2v) is 20.8. The summed E-state index contributed by atoms with van der Waals surface area (Å²) in [5.41, 5.74) is -8.67. The number of hydrogen-bond donors (Lipinski definition) is 9. The average Bonchev–Trinajstić information content (AvgIpc) is 3.53. The summed E-state index contributed by atoms with van der Waals surface area (Å²) >= 11 is 0. The van der Waals surface area contributed by atoms with Crippen LogP contribution in [0.1, 0.15) is 54.5 Å². The highest BCUT2D eigenvalue weighted by molar-refractivity contribution is 7.66. The van der Waals surface area contributed by atoms with Gasteiger partial charge in [-0.25, -0.2) is 36.6 Å². The molecule has 2 aliphatic rings. The molecule has 0 spiro atoms. The van der Waals surface area contributed by atoms with Crippen molar-refractivity contribution >= 4 is 37.2 Å². The monoisotopic (exact) mass is 1050 g/mol. The van der Waals surface area contributed by atoms with E-state index in [1.165, 1.54) is 19.1 Å². The van der Waals surface area contributed by atoms with E-state index < -0.39 is 133 Å². The number of nitrogens with one attached hydrogen (secondary N) is 3. The Bertz CT molecular complexity index is 2620. The van der Waals surface area contributed by atoms with Crippen molar-refractivity contribution in [2.24, 2.45) is 0 Å². The molecule has 0 aliphatic carbocycles. The maximum Gasteiger partial charge on any atom is 0.490 e. The van der Waals surface area contributed by atoms with E-state index in [1.807, 2.05) is 9.97 Å². The van der Waals surface area contributed by atoms with Crippen molar-refractivity contribution < 1.29 is 98.0 Å². The van der Waals surface area contributed by atoms with Crippen molar-refractivity contribution in [2.45, 2.75) is 102 Å². The van der Waals surface area contributed by atoms with Crippen molar-refractivity contribution in [3.05, 3.63) is 96.5 Å². The molecule has 4 heterocycles. The quantitative estimate of drug-likeness (QED) is 0.0637. The standard InChI is InChI=1S/C22H29FN3O9P.C10H16FN2O14P3.CH4/c1-13(2)33-19(29)14(3)25-36(31,35-15-8-6-5-7-9-15)32-12-16-18(28)22(4,23)20(34-16)26-11-10-17(27)24-21(26)30;1-10(11)7(15)5(25-8(10)13-3-2-6(14)12-9(13)16)4-24-29(20,21)27-30(22,23)26-28(17,18)19;/h5-11,13-14,16,18,20,28H,12H2,1-4H3,(H,25,31)(H,24,27,30);2-3,5,7-8,15H,4H2,1H3,(H,20,21)(H,22,23)(H,12,14,16)(H2,17,18,19);1H4/t14-,16?,18+,20+,22+,36-;5?,7-,8-,10-;/m01./s1. The fraction of sp³-hybridized carbons (Fsp3) is 0.545. The minimum absolute atomic E-state index is 0. The number of carbonyl (C=O) groups excluding carboxylic acids is 1. The van der Waals surface area contributed by atoms with Crippen LogP contribution in [0.15, 0.2) is 74.0 Å². The molecule has 0 amide bonds. The lowest BCUT2D eigenvalue weighted by Crippen LogP contribution is -2.43. The SMILES string of the molecule is C.CC(C)OC(=O)[C@H](C)N[P@](=O)(OCC1O[C@@H](n2ccc(=O)[nH]c2=O)[C@](C)(F)[C@@H]1O)Oc1ccccc1.C[C@@]1(F)[C@H](O)C(COP(=O)(O)OP(=O)(O)OP(=O)(O)O)O[C@H]1n1ccc(=O)[nH]c1=O. The van der Waals surface area contributed by atoms with E-state index in [0.717, 1.165) is 42.9 Å². The first-order valence-corrected chi connectivity index (χ1v) is 24.8. The Balaban J connectivity index is 0.000000356. The molecule has 5 rings (SSSR count). The maximum atomic E-state index is 15.4. The number of rotatable bonds is 18. The minimum atomic E-state index is -5.77. The number of aliphatic hydroxyl groups excluding tert-OH is 2. The lowest BCUT2D eigenvalue weighted by Gasteiger charge is -2.25. The smallest absolute Gasteiger partial charge is 0.462 e. The Kier molecular flexibility index (Phi) is 19.1. The number of esters is 1. The van der Waals surface area contributed by atoms with Crippen molar-refractivity contribution in [1.29, 1.82) is 0 Å². The first-order chi connectivity index (χ1) is 30.3. The predicted molar refractivity (Wildman–Crippen MR) is 223 cm³/mol. The van der Waals surface area contributed by atoms with Crippen LogP contribution in [0.2, 0.25) is 0 Å². The number of aromatic amines is 2. The highest BCUT2D eigenvalue weighted by Crippen LogP contribution is 2.66. The average molecular weight is 1050 g/mol. The molecule has 12 atom stereocenters. The van der Waals surface area contributed by atoms with Gasteiger partial charge < -0.3 is 48.5 Å². The predicted octanol–water partition coefficient (Wildman–Crippen LogP) is 1.16. The van der Waals surface area contributed by atoms with E-state index in [4.69, 9.17) is 37.9 Å². The van der Waals surface area contributed by atoms with Gasteiger partial charge >= 0.3 is 48.6 Å². The second kappa shape index (κ2) is 22.2. The first kappa shape index (κ1) is 57.4. The van der Waals surface area contributed by atoms with Crippen LogP contribution in [0.5, 0.6) is 5.75 Å². The largest absolute Gasteiger partial charge is 0.490 e. The van der Waals surface area contributed by atoms with E-state index in [0.29, 0.717) is 4.57 Å². The summed E-state index contributed by atoms with van der Waals surface area (Å²) in [5.74, 6) is -0.560. The van der Waals surface area contributed by atoms with E-state index in [9.17, 15) is 61.7 Å². The molecule has 1 aromatic carbocycles. The number of phosphoric acid groups is 3. The van der Waals surface area contributed by atoms with E-state index in [2.05, 4.69) is 18.2 Å². The second-order valence-electron chi connectivity index (χ2n) is 14.7. The summed E-state index contributed by atoms with van der Waals surface area (Å²) in [4.78, 5) is 97.8. The minimum Gasteiger partial charge on any atom is -0.462 e. The molecule has 0 bridgehead atoms. The van der Waals surface area contributed by atoms with E-state index in [1.54, 1.807) is 32.0 Å². The number of ether oxygens (including phenoxy) is 3. The number of halogens is 2. The van der Waals surface area contributed by atoms with E-state index in [-0.39, 0.29) is 13.2 Å². The molecule has 378 valence electrons. The van der Waals surface area contributed by atoms with Gasteiger partial charge in [-0.05, 0) is 46.8 Å². The summed E-state index contributed by atoms with van der Waals surface area (Å²) in [6.07, 6.45) is -8.93. The molecule has 3 aromatic rings. The topological polar surface area (TPSA) is 402 Å². The van der Waals surface area contributed by atoms with Crippen LogP contribution in [0, 0.1) is 0 Å². The Morgan fingerprint density at radius 2 is 1.21 bits per heavy atom. The zero-order valence-corrected chi connectivity index (χ0v) is 38.4. The molecular weight excluding hydrogens is 996 g/mol. The van der Waals surface area contributed by atoms with Crippen molar-refractivity contribution in [1.82, 2.24) is 24.2 Å². The van der Waals surface area contributed by atoms with Gasteiger partial charge in [-0.3, -0.25) is 42.5 Å². The van der Waals surface area contributed by atoms with Gasteiger partial charge in [0, 0.05) is 24.5 Å². The highest BCUT2D eigenvalue weighted by atomic mass is 31.3. The molecule has 9 N–H and O–H groups in total. The summed E-state index contributed by atoms with van der Waals surface area (Å²) in [5, 5.41) is 23.1. The molecule has 2 aromatic heterocycles.